The van der Waals surface area contributed by atoms with E-state index in [2.05, 4.69) is 10.6 Å². The highest BCUT2D eigenvalue weighted by Gasteiger charge is 2.29. The van der Waals surface area contributed by atoms with Crippen LogP contribution in [-0.2, 0) is 9.59 Å². The second-order valence-corrected chi connectivity index (χ2v) is 7.05. The summed E-state index contributed by atoms with van der Waals surface area (Å²) in [7, 11) is 0. The number of thioether (sulfide) groups is 1. The molecule has 2 aromatic rings. The van der Waals surface area contributed by atoms with Crippen molar-refractivity contribution < 1.29 is 19.5 Å². The molecule has 1 aliphatic heterocycles. The second-order valence-electron chi connectivity index (χ2n) is 5.37. The Bertz CT molecular complexity index is 854. The first-order valence-electron chi connectivity index (χ1n) is 7.32. The van der Waals surface area contributed by atoms with Crippen LogP contribution >= 0.6 is 23.4 Å². The summed E-state index contributed by atoms with van der Waals surface area (Å²) >= 11 is 6.98. The Morgan fingerprint density at radius 2 is 1.92 bits per heavy atom. The Morgan fingerprint density at radius 3 is 2.60 bits per heavy atom. The number of nitrogens with one attached hydrogen (secondary N) is 2. The van der Waals surface area contributed by atoms with E-state index in [1.54, 1.807) is 30.3 Å². The Morgan fingerprint density at radius 1 is 1.20 bits per heavy atom. The fourth-order valence-electron chi connectivity index (χ4n) is 2.32. The first-order chi connectivity index (χ1) is 11.9. The summed E-state index contributed by atoms with van der Waals surface area (Å²) in [5, 5.41) is 14.4. The van der Waals surface area contributed by atoms with E-state index in [0.717, 1.165) is 0 Å². The molecular weight excluding hydrogens is 364 g/mol. The lowest BCUT2D eigenvalue weighted by atomic mass is 10.2. The molecule has 0 aliphatic carbocycles. The molecule has 25 heavy (non-hydrogen) atoms. The van der Waals surface area contributed by atoms with Crippen molar-refractivity contribution in [2.24, 2.45) is 0 Å². The van der Waals surface area contributed by atoms with Gasteiger partial charge in [0, 0.05) is 22.0 Å². The molecule has 2 aromatic carbocycles. The van der Waals surface area contributed by atoms with Crippen LogP contribution in [0.1, 0.15) is 16.8 Å². The van der Waals surface area contributed by atoms with Gasteiger partial charge in [0.15, 0.2) is 0 Å². The van der Waals surface area contributed by atoms with Crippen LogP contribution in [0.25, 0.3) is 0 Å². The van der Waals surface area contributed by atoms with E-state index >= 15 is 0 Å². The normalized spacial score (nSPS) is 15.9. The maximum atomic E-state index is 12.2. The molecule has 0 saturated carbocycles. The van der Waals surface area contributed by atoms with E-state index in [1.165, 1.54) is 23.9 Å². The van der Waals surface area contributed by atoms with Gasteiger partial charge in [-0.25, -0.2) is 4.79 Å². The van der Waals surface area contributed by atoms with Crippen molar-refractivity contribution in [3.05, 3.63) is 53.1 Å². The molecule has 0 spiro atoms. The summed E-state index contributed by atoms with van der Waals surface area (Å²) in [6.45, 7) is 0. The van der Waals surface area contributed by atoms with Gasteiger partial charge in [0.05, 0.1) is 16.5 Å². The summed E-state index contributed by atoms with van der Waals surface area (Å²) in [5.74, 6) is -1.64. The van der Waals surface area contributed by atoms with Crippen LogP contribution in [0.3, 0.4) is 0 Å². The molecule has 1 unspecified atom stereocenters. The molecule has 1 atom stereocenters. The molecule has 2 amide bonds. The average molecular weight is 377 g/mol. The number of hydrogen-bond donors (Lipinski definition) is 3. The number of aromatic carboxylic acids is 1. The zero-order valence-corrected chi connectivity index (χ0v) is 14.4. The highest BCUT2D eigenvalue weighted by Crippen LogP contribution is 2.37. The number of benzene rings is 2. The molecule has 1 aliphatic rings. The number of carbonyl (C=O) groups is 3. The minimum absolute atomic E-state index is 0.0319. The monoisotopic (exact) mass is 376 g/mol. The van der Waals surface area contributed by atoms with Gasteiger partial charge in [-0.2, -0.15) is 0 Å². The molecule has 3 N–H and O–H groups in total. The van der Waals surface area contributed by atoms with Gasteiger partial charge >= 0.3 is 5.97 Å². The summed E-state index contributed by atoms with van der Waals surface area (Å²) < 4.78 is 0. The number of rotatable bonds is 4. The average Bonchev–Trinajstić information content (AvgIpc) is 2.57. The molecule has 128 valence electrons. The second kappa shape index (κ2) is 7.16. The molecule has 0 fully saturated rings. The summed E-state index contributed by atoms with van der Waals surface area (Å²) in [4.78, 5) is 36.0. The number of halogens is 1. The van der Waals surface area contributed by atoms with Gasteiger partial charge in [-0.3, -0.25) is 9.59 Å². The topological polar surface area (TPSA) is 95.5 Å². The minimum atomic E-state index is -1.04. The molecule has 0 aromatic heterocycles. The number of anilines is 2. The van der Waals surface area contributed by atoms with Crippen LogP contribution in [-0.4, -0.2) is 28.1 Å². The Balaban J connectivity index is 1.69. The highest BCUT2D eigenvalue weighted by molar-refractivity contribution is 8.01. The first-order valence-corrected chi connectivity index (χ1v) is 8.58. The smallest absolute Gasteiger partial charge is 0.335 e. The molecular formula is C17H13ClN2O4S. The van der Waals surface area contributed by atoms with Gasteiger partial charge in [-0.05, 0) is 42.5 Å². The number of hydrogen-bond acceptors (Lipinski definition) is 4. The summed E-state index contributed by atoms with van der Waals surface area (Å²) in [6, 6.07) is 11.1. The molecule has 0 bridgehead atoms. The van der Waals surface area contributed by atoms with E-state index in [0.29, 0.717) is 21.3 Å². The molecule has 0 saturated heterocycles. The zero-order valence-electron chi connectivity index (χ0n) is 12.8. The minimum Gasteiger partial charge on any atom is -0.478 e. The van der Waals surface area contributed by atoms with E-state index in [-0.39, 0.29) is 23.8 Å². The van der Waals surface area contributed by atoms with Crippen molar-refractivity contribution >= 4 is 52.5 Å². The van der Waals surface area contributed by atoms with Crippen LogP contribution in [0.5, 0.6) is 0 Å². The molecule has 1 heterocycles. The lowest BCUT2D eigenvalue weighted by Gasteiger charge is -2.24. The summed E-state index contributed by atoms with van der Waals surface area (Å²) in [5.41, 5.74) is 1.27. The van der Waals surface area contributed by atoms with E-state index in [9.17, 15) is 14.4 Å². The van der Waals surface area contributed by atoms with Crippen molar-refractivity contribution in [2.75, 3.05) is 10.6 Å². The Hall–Kier alpha value is -2.51. The predicted molar refractivity (Wildman–Crippen MR) is 96.4 cm³/mol. The lowest BCUT2D eigenvalue weighted by molar-refractivity contribution is -0.120. The third kappa shape index (κ3) is 4.12. The quantitative estimate of drug-likeness (QED) is 0.759. The number of carbonyl (C=O) groups excluding carboxylic acids is 2. The van der Waals surface area contributed by atoms with Crippen molar-refractivity contribution in [1.29, 1.82) is 0 Å². The van der Waals surface area contributed by atoms with E-state index in [4.69, 9.17) is 16.7 Å². The lowest BCUT2D eigenvalue weighted by Crippen LogP contribution is -2.32. The van der Waals surface area contributed by atoms with Crippen LogP contribution in [0, 0.1) is 0 Å². The van der Waals surface area contributed by atoms with Gasteiger partial charge < -0.3 is 15.7 Å². The molecule has 0 radical (unpaired) electrons. The number of fused-ring (bicyclic) bond motifs is 1. The predicted octanol–water partition coefficient (Wildman–Crippen LogP) is 3.48. The van der Waals surface area contributed by atoms with Crippen LogP contribution in [0.15, 0.2) is 47.4 Å². The van der Waals surface area contributed by atoms with Crippen molar-refractivity contribution in [3.63, 3.8) is 0 Å². The number of amides is 2. The van der Waals surface area contributed by atoms with Crippen LogP contribution in [0.2, 0.25) is 5.02 Å². The van der Waals surface area contributed by atoms with E-state index in [1.807, 2.05) is 0 Å². The number of carboxylic acids is 1. The van der Waals surface area contributed by atoms with Crippen molar-refractivity contribution in [3.8, 4) is 0 Å². The molecule has 3 rings (SSSR count). The summed E-state index contributed by atoms with van der Waals surface area (Å²) in [6.07, 6.45) is -0.0319. The molecule has 8 heteroatoms. The number of carboxylic acid groups (broad SMARTS) is 1. The van der Waals surface area contributed by atoms with Gasteiger partial charge in [-0.15, -0.1) is 11.8 Å². The highest BCUT2D eigenvalue weighted by atomic mass is 35.5. The third-order valence-corrected chi connectivity index (χ3v) is 5.06. The fourth-order valence-corrected chi connectivity index (χ4v) is 3.60. The molecule has 6 nitrogen and oxygen atoms in total. The van der Waals surface area contributed by atoms with Gasteiger partial charge in [0.1, 0.15) is 0 Å². The van der Waals surface area contributed by atoms with Crippen molar-refractivity contribution in [1.82, 2.24) is 0 Å². The van der Waals surface area contributed by atoms with Crippen LogP contribution < -0.4 is 10.6 Å². The Labute approximate surface area is 152 Å². The first kappa shape index (κ1) is 17.3. The van der Waals surface area contributed by atoms with Gasteiger partial charge in [0.25, 0.3) is 0 Å². The maximum absolute atomic E-state index is 12.2. The van der Waals surface area contributed by atoms with Gasteiger partial charge in [0.2, 0.25) is 11.8 Å². The van der Waals surface area contributed by atoms with Crippen molar-refractivity contribution in [2.45, 2.75) is 16.6 Å². The zero-order chi connectivity index (χ0) is 18.0. The maximum Gasteiger partial charge on any atom is 0.335 e. The SMILES string of the molecule is O=C(CC1Sc2cc(C(=O)O)ccc2NC1=O)Nc1ccc(Cl)cc1. The largest absolute Gasteiger partial charge is 0.478 e. The third-order valence-electron chi connectivity index (χ3n) is 3.55. The van der Waals surface area contributed by atoms with Gasteiger partial charge in [-0.1, -0.05) is 11.6 Å². The van der Waals surface area contributed by atoms with E-state index < -0.39 is 11.2 Å². The standard InChI is InChI=1S/C17H13ClN2O4S/c18-10-2-4-11(5-3-10)19-15(21)8-14-16(22)20-12-6-1-9(17(23)24)7-13(12)25-14/h1-7,14H,8H2,(H,19,21)(H,20,22)(H,23,24). The van der Waals surface area contributed by atoms with Crippen LogP contribution in [0.4, 0.5) is 11.4 Å². The fraction of sp³-hybridized carbons (Fsp3) is 0.118. The Kier molecular flexibility index (Phi) is 4.96.